The molecule has 0 atom stereocenters. The van der Waals surface area contributed by atoms with Gasteiger partial charge in [0, 0.05) is 23.8 Å². The molecule has 19 heavy (non-hydrogen) atoms. The van der Waals surface area contributed by atoms with Crippen LogP contribution in [-0.2, 0) is 6.54 Å². The second kappa shape index (κ2) is 7.29. The molecular weight excluding hydrogens is 236 g/mol. The van der Waals surface area contributed by atoms with Gasteiger partial charge in [0.1, 0.15) is 0 Å². The number of hydrogen-bond donors (Lipinski definition) is 1. The zero-order valence-corrected chi connectivity index (χ0v) is 12.6. The van der Waals surface area contributed by atoms with Gasteiger partial charge in [-0.1, -0.05) is 12.1 Å². The number of ether oxygens (including phenoxy) is 1. The minimum Gasteiger partial charge on any atom is -0.478 e. The van der Waals surface area contributed by atoms with Crippen LogP contribution < -0.4 is 10.1 Å². The molecular formula is C16H26N2O. The fourth-order valence-electron chi connectivity index (χ4n) is 1.60. The van der Waals surface area contributed by atoms with E-state index in [1.165, 1.54) is 5.56 Å². The molecule has 0 bridgehead atoms. The Morgan fingerprint density at radius 2 is 2.11 bits per heavy atom. The number of rotatable bonds is 7. The first-order valence-electron chi connectivity index (χ1n) is 6.87. The van der Waals surface area contributed by atoms with Crippen molar-refractivity contribution in [3.63, 3.8) is 0 Å². The number of pyridine rings is 1. The smallest absolute Gasteiger partial charge is 0.213 e. The van der Waals surface area contributed by atoms with Gasteiger partial charge < -0.3 is 10.1 Å². The van der Waals surface area contributed by atoms with Gasteiger partial charge in [0.2, 0.25) is 5.88 Å². The molecule has 0 aliphatic rings. The minimum absolute atomic E-state index is 0.117. The molecule has 1 heterocycles. The first kappa shape index (κ1) is 15.7. The fourth-order valence-corrected chi connectivity index (χ4v) is 1.60. The molecule has 0 radical (unpaired) electrons. The molecule has 1 aromatic rings. The molecule has 0 spiro atoms. The van der Waals surface area contributed by atoms with Crippen molar-refractivity contribution in [3.05, 3.63) is 36.0 Å². The summed E-state index contributed by atoms with van der Waals surface area (Å²) < 4.78 is 5.61. The van der Waals surface area contributed by atoms with Crippen LogP contribution in [0.4, 0.5) is 0 Å². The van der Waals surface area contributed by atoms with Crippen molar-refractivity contribution >= 4 is 0 Å². The van der Waals surface area contributed by atoms with E-state index in [1.807, 2.05) is 19.1 Å². The maximum absolute atomic E-state index is 5.61. The van der Waals surface area contributed by atoms with Gasteiger partial charge >= 0.3 is 0 Å². The van der Waals surface area contributed by atoms with Crippen LogP contribution in [0.2, 0.25) is 0 Å². The lowest BCUT2D eigenvalue weighted by Crippen LogP contribution is -2.35. The summed E-state index contributed by atoms with van der Waals surface area (Å²) in [5, 5.41) is 3.47. The normalized spacial score (nSPS) is 11.4. The Morgan fingerprint density at radius 1 is 1.37 bits per heavy atom. The van der Waals surface area contributed by atoms with Gasteiger partial charge in [0.25, 0.3) is 0 Å². The summed E-state index contributed by atoms with van der Waals surface area (Å²) in [5.74, 6) is 0.709. The summed E-state index contributed by atoms with van der Waals surface area (Å²) in [6.45, 7) is 13.7. The van der Waals surface area contributed by atoms with Crippen LogP contribution >= 0.6 is 0 Å². The van der Waals surface area contributed by atoms with Crippen molar-refractivity contribution in [2.45, 2.75) is 52.6 Å². The molecule has 0 amide bonds. The van der Waals surface area contributed by atoms with E-state index in [1.54, 1.807) is 0 Å². The van der Waals surface area contributed by atoms with Gasteiger partial charge in [-0.2, -0.15) is 0 Å². The van der Waals surface area contributed by atoms with Crippen molar-refractivity contribution in [2.24, 2.45) is 0 Å². The highest BCUT2D eigenvalue weighted by atomic mass is 16.5. The highest BCUT2D eigenvalue weighted by molar-refractivity contribution is 5.25. The molecule has 0 aliphatic carbocycles. The van der Waals surface area contributed by atoms with E-state index in [2.05, 4.69) is 43.7 Å². The first-order valence-corrected chi connectivity index (χ1v) is 6.87. The van der Waals surface area contributed by atoms with Gasteiger partial charge in [-0.25, -0.2) is 4.98 Å². The highest BCUT2D eigenvalue weighted by Crippen LogP contribution is 2.14. The van der Waals surface area contributed by atoms with E-state index < -0.39 is 0 Å². The lowest BCUT2D eigenvalue weighted by Gasteiger charge is -2.21. The Morgan fingerprint density at radius 3 is 2.68 bits per heavy atom. The lowest BCUT2D eigenvalue weighted by molar-refractivity contribution is 0.299. The zero-order chi connectivity index (χ0) is 14.3. The molecule has 1 rings (SSSR count). The van der Waals surface area contributed by atoms with E-state index >= 15 is 0 Å². The van der Waals surface area contributed by atoms with Crippen LogP contribution in [0, 0.1) is 6.92 Å². The third kappa shape index (κ3) is 6.39. The lowest BCUT2D eigenvalue weighted by atomic mass is 10.1. The number of hydrogen-bond acceptors (Lipinski definition) is 3. The summed E-state index contributed by atoms with van der Waals surface area (Å²) in [7, 11) is 0. The van der Waals surface area contributed by atoms with Crippen LogP contribution in [0.5, 0.6) is 5.88 Å². The Hall–Kier alpha value is -1.35. The maximum atomic E-state index is 5.61. The predicted octanol–water partition coefficient (Wildman–Crippen LogP) is 3.62. The fraction of sp³-hybridized carbons (Fsp3) is 0.562. The Kier molecular flexibility index (Phi) is 6.03. The van der Waals surface area contributed by atoms with Crippen LogP contribution in [0.25, 0.3) is 0 Å². The molecule has 0 saturated heterocycles. The summed E-state index contributed by atoms with van der Waals surface area (Å²) in [5.41, 5.74) is 2.36. The average molecular weight is 262 g/mol. The van der Waals surface area contributed by atoms with Gasteiger partial charge in [-0.05, 0) is 46.1 Å². The number of allylic oxidation sites excluding steroid dienone is 1. The summed E-state index contributed by atoms with van der Waals surface area (Å²) >= 11 is 0. The molecule has 0 aliphatic heterocycles. The molecule has 106 valence electrons. The molecule has 0 aromatic carbocycles. The average Bonchev–Trinajstić information content (AvgIpc) is 2.32. The standard InChI is InChI=1S/C16H26N2O/c1-6-7-8-11-19-15-10-9-14(13(2)18-15)12-17-16(3,4)5/h6,9-10,17H,1,7-8,11-12H2,2-5H3. The molecule has 3 heteroatoms. The van der Waals surface area contributed by atoms with E-state index in [0.29, 0.717) is 12.5 Å². The summed E-state index contributed by atoms with van der Waals surface area (Å²) in [4.78, 5) is 4.48. The molecule has 0 saturated carbocycles. The second-order valence-corrected chi connectivity index (χ2v) is 5.78. The van der Waals surface area contributed by atoms with Crippen LogP contribution in [-0.4, -0.2) is 17.1 Å². The third-order valence-corrected chi connectivity index (χ3v) is 2.78. The monoisotopic (exact) mass is 262 g/mol. The van der Waals surface area contributed by atoms with E-state index in [9.17, 15) is 0 Å². The molecule has 0 unspecified atom stereocenters. The molecule has 1 aromatic heterocycles. The van der Waals surface area contributed by atoms with Gasteiger partial charge in [-0.15, -0.1) is 6.58 Å². The largest absolute Gasteiger partial charge is 0.478 e. The summed E-state index contributed by atoms with van der Waals surface area (Å²) in [6, 6.07) is 4.03. The first-order chi connectivity index (χ1) is 8.92. The van der Waals surface area contributed by atoms with Crippen LogP contribution in [0.15, 0.2) is 24.8 Å². The highest BCUT2D eigenvalue weighted by Gasteiger charge is 2.10. The van der Waals surface area contributed by atoms with E-state index in [-0.39, 0.29) is 5.54 Å². The third-order valence-electron chi connectivity index (χ3n) is 2.78. The Bertz CT molecular complexity index is 408. The zero-order valence-electron chi connectivity index (χ0n) is 12.6. The van der Waals surface area contributed by atoms with Crippen LogP contribution in [0.3, 0.4) is 0 Å². The van der Waals surface area contributed by atoms with E-state index in [0.717, 1.165) is 25.1 Å². The number of aryl methyl sites for hydroxylation is 1. The number of aromatic nitrogens is 1. The van der Waals surface area contributed by atoms with Crippen molar-refractivity contribution in [1.82, 2.24) is 10.3 Å². The van der Waals surface area contributed by atoms with Crippen molar-refractivity contribution in [3.8, 4) is 5.88 Å². The van der Waals surface area contributed by atoms with Crippen LogP contribution in [0.1, 0.15) is 44.9 Å². The number of unbranched alkanes of at least 4 members (excludes halogenated alkanes) is 1. The maximum Gasteiger partial charge on any atom is 0.213 e. The number of nitrogens with zero attached hydrogens (tertiary/aromatic N) is 1. The molecule has 3 nitrogen and oxygen atoms in total. The number of nitrogens with one attached hydrogen (secondary N) is 1. The Labute approximate surface area is 117 Å². The van der Waals surface area contributed by atoms with Gasteiger partial charge in [0.15, 0.2) is 0 Å². The SMILES string of the molecule is C=CCCCOc1ccc(CNC(C)(C)C)c(C)n1. The minimum atomic E-state index is 0.117. The molecule has 1 N–H and O–H groups in total. The van der Waals surface area contributed by atoms with Crippen molar-refractivity contribution in [1.29, 1.82) is 0 Å². The van der Waals surface area contributed by atoms with Crippen molar-refractivity contribution < 1.29 is 4.74 Å². The molecule has 0 fully saturated rings. The predicted molar refractivity (Wildman–Crippen MR) is 80.5 cm³/mol. The second-order valence-electron chi connectivity index (χ2n) is 5.78. The van der Waals surface area contributed by atoms with Gasteiger partial charge in [0.05, 0.1) is 6.61 Å². The Balaban J connectivity index is 2.52. The van der Waals surface area contributed by atoms with Gasteiger partial charge in [-0.3, -0.25) is 0 Å². The van der Waals surface area contributed by atoms with Crippen molar-refractivity contribution in [2.75, 3.05) is 6.61 Å². The quantitative estimate of drug-likeness (QED) is 0.602. The topological polar surface area (TPSA) is 34.1 Å². The van der Waals surface area contributed by atoms with E-state index in [4.69, 9.17) is 4.74 Å². The summed E-state index contributed by atoms with van der Waals surface area (Å²) in [6.07, 6.45) is 3.87.